The van der Waals surface area contributed by atoms with E-state index in [-0.39, 0.29) is 31.7 Å². The largest absolute Gasteiger partial charge is 0.481 e. The van der Waals surface area contributed by atoms with E-state index in [2.05, 4.69) is 5.32 Å². The Labute approximate surface area is 156 Å². The summed E-state index contributed by atoms with van der Waals surface area (Å²) in [6.07, 6.45) is 0.116. The van der Waals surface area contributed by atoms with E-state index >= 15 is 0 Å². The molecule has 1 aromatic carbocycles. The third-order valence-corrected chi connectivity index (χ3v) is 4.53. The van der Waals surface area contributed by atoms with Crippen molar-refractivity contribution in [1.82, 2.24) is 10.2 Å². The predicted octanol–water partition coefficient (Wildman–Crippen LogP) is 0.0527. The van der Waals surface area contributed by atoms with Crippen LogP contribution in [0.15, 0.2) is 30.3 Å². The second-order valence-corrected chi connectivity index (χ2v) is 6.49. The van der Waals surface area contributed by atoms with Crippen LogP contribution in [0, 0.1) is 0 Å². The molecule has 3 unspecified atom stereocenters. The Morgan fingerprint density at radius 3 is 2.44 bits per heavy atom. The Morgan fingerprint density at radius 2 is 1.85 bits per heavy atom. The van der Waals surface area contributed by atoms with E-state index in [1.54, 1.807) is 30.3 Å². The molecule has 1 aromatic rings. The van der Waals surface area contributed by atoms with E-state index in [4.69, 9.17) is 10.8 Å². The van der Waals surface area contributed by atoms with Crippen molar-refractivity contribution in [3.05, 3.63) is 35.9 Å². The minimum atomic E-state index is -1.19. The second-order valence-electron chi connectivity index (χ2n) is 6.49. The van der Waals surface area contributed by atoms with Crippen molar-refractivity contribution in [1.29, 1.82) is 0 Å². The van der Waals surface area contributed by atoms with Crippen LogP contribution in [0.3, 0.4) is 0 Å². The number of nitrogens with zero attached hydrogens (tertiary/aromatic N) is 1. The number of amides is 2. The summed E-state index contributed by atoms with van der Waals surface area (Å²) in [7, 11) is 0. The first-order valence-corrected chi connectivity index (χ1v) is 8.66. The number of carboxylic acid groups (broad SMARTS) is 2. The lowest BCUT2D eigenvalue weighted by molar-refractivity contribution is -0.153. The highest BCUT2D eigenvalue weighted by Gasteiger charge is 2.38. The van der Waals surface area contributed by atoms with Gasteiger partial charge in [-0.25, -0.2) is 4.79 Å². The van der Waals surface area contributed by atoms with E-state index in [0.717, 1.165) is 0 Å². The fraction of sp³-hybridized carbons (Fsp3) is 0.444. The molecule has 146 valence electrons. The number of rotatable bonds is 7. The van der Waals surface area contributed by atoms with Crippen molar-refractivity contribution in [2.24, 2.45) is 5.73 Å². The van der Waals surface area contributed by atoms with Gasteiger partial charge in [0, 0.05) is 24.6 Å². The zero-order valence-corrected chi connectivity index (χ0v) is 14.7. The van der Waals surface area contributed by atoms with Gasteiger partial charge in [0.05, 0.1) is 6.04 Å². The molecule has 1 aliphatic heterocycles. The summed E-state index contributed by atoms with van der Waals surface area (Å²) in [4.78, 5) is 48.1. The van der Waals surface area contributed by atoms with Crippen molar-refractivity contribution in [2.75, 3.05) is 6.54 Å². The van der Waals surface area contributed by atoms with Crippen molar-refractivity contribution < 1.29 is 29.4 Å². The van der Waals surface area contributed by atoms with Gasteiger partial charge < -0.3 is 26.2 Å². The van der Waals surface area contributed by atoms with Crippen LogP contribution < -0.4 is 11.1 Å². The molecular weight excluding hydrogens is 354 g/mol. The number of carboxylic acids is 2. The molecule has 2 amide bonds. The number of likely N-dealkylation sites (tertiary alicyclic amines) is 1. The Morgan fingerprint density at radius 1 is 1.19 bits per heavy atom. The summed E-state index contributed by atoms with van der Waals surface area (Å²) in [5.74, 6) is -3.15. The molecule has 2 rings (SSSR count). The number of piperidine rings is 1. The Kier molecular flexibility index (Phi) is 6.89. The summed E-state index contributed by atoms with van der Waals surface area (Å²) < 4.78 is 0. The molecule has 0 aliphatic carbocycles. The van der Waals surface area contributed by atoms with Crippen molar-refractivity contribution in [3.63, 3.8) is 0 Å². The molecule has 0 bridgehead atoms. The number of nitrogens with one attached hydrogen (secondary N) is 1. The van der Waals surface area contributed by atoms with Crippen LogP contribution in [0.25, 0.3) is 0 Å². The molecule has 3 atom stereocenters. The average Bonchev–Trinajstić information content (AvgIpc) is 2.66. The molecule has 1 aliphatic rings. The quantitative estimate of drug-likeness (QED) is 0.524. The van der Waals surface area contributed by atoms with Crippen LogP contribution in [-0.2, 0) is 14.4 Å². The standard InChI is InChI=1S/C18H23N3O6/c19-13(6-7-15(22)23)17(25)21-9-8-12(10-14(21)18(26)27)20-16(24)11-4-2-1-3-5-11/h1-5,12-14H,6-10,19H2,(H,20,24)(H,22,23)(H,26,27). The van der Waals surface area contributed by atoms with Gasteiger partial charge in [-0.2, -0.15) is 0 Å². The van der Waals surface area contributed by atoms with Crippen LogP contribution in [0.1, 0.15) is 36.0 Å². The molecular formula is C18H23N3O6. The SMILES string of the molecule is NC(CCC(=O)O)C(=O)N1CCC(NC(=O)c2ccccc2)CC1C(=O)O. The van der Waals surface area contributed by atoms with Gasteiger partial charge in [0.25, 0.3) is 5.91 Å². The Bertz CT molecular complexity index is 708. The van der Waals surface area contributed by atoms with Gasteiger partial charge in [0.15, 0.2) is 0 Å². The maximum absolute atomic E-state index is 12.4. The van der Waals surface area contributed by atoms with Gasteiger partial charge in [-0.1, -0.05) is 18.2 Å². The van der Waals surface area contributed by atoms with Gasteiger partial charge in [0.2, 0.25) is 5.91 Å². The maximum atomic E-state index is 12.4. The van der Waals surface area contributed by atoms with Crippen LogP contribution in [0.5, 0.6) is 0 Å². The van der Waals surface area contributed by atoms with E-state index < -0.39 is 36.0 Å². The van der Waals surface area contributed by atoms with Crippen molar-refractivity contribution >= 4 is 23.8 Å². The smallest absolute Gasteiger partial charge is 0.326 e. The first kappa shape index (κ1) is 20.4. The Hall–Kier alpha value is -2.94. The fourth-order valence-corrected chi connectivity index (χ4v) is 3.07. The van der Waals surface area contributed by atoms with E-state index in [1.165, 1.54) is 4.90 Å². The maximum Gasteiger partial charge on any atom is 0.326 e. The summed E-state index contributed by atoms with van der Waals surface area (Å²) >= 11 is 0. The summed E-state index contributed by atoms with van der Waals surface area (Å²) in [6, 6.07) is 5.98. The van der Waals surface area contributed by atoms with E-state index in [1.807, 2.05) is 0 Å². The summed E-state index contributed by atoms with van der Waals surface area (Å²) in [6.45, 7) is 0.121. The van der Waals surface area contributed by atoms with Gasteiger partial charge in [-0.15, -0.1) is 0 Å². The van der Waals surface area contributed by atoms with Crippen molar-refractivity contribution in [3.8, 4) is 0 Å². The highest BCUT2D eigenvalue weighted by Crippen LogP contribution is 2.20. The highest BCUT2D eigenvalue weighted by atomic mass is 16.4. The normalized spacial score (nSPS) is 20.6. The lowest BCUT2D eigenvalue weighted by atomic mass is 9.95. The van der Waals surface area contributed by atoms with Crippen LogP contribution in [0.2, 0.25) is 0 Å². The van der Waals surface area contributed by atoms with Gasteiger partial charge in [0.1, 0.15) is 6.04 Å². The number of hydrogen-bond acceptors (Lipinski definition) is 5. The highest BCUT2D eigenvalue weighted by molar-refractivity contribution is 5.94. The third kappa shape index (κ3) is 5.52. The summed E-state index contributed by atoms with van der Waals surface area (Å²) in [5.41, 5.74) is 6.20. The predicted molar refractivity (Wildman–Crippen MR) is 94.9 cm³/mol. The van der Waals surface area contributed by atoms with Crippen LogP contribution in [0.4, 0.5) is 0 Å². The van der Waals surface area contributed by atoms with Crippen LogP contribution in [-0.4, -0.2) is 63.5 Å². The second kappa shape index (κ2) is 9.13. The molecule has 1 heterocycles. The molecule has 0 spiro atoms. The topological polar surface area (TPSA) is 150 Å². The number of carbonyl (C=O) groups excluding carboxylic acids is 2. The van der Waals surface area contributed by atoms with Gasteiger partial charge >= 0.3 is 11.9 Å². The first-order chi connectivity index (χ1) is 12.8. The molecule has 9 nitrogen and oxygen atoms in total. The molecule has 0 radical (unpaired) electrons. The molecule has 1 saturated heterocycles. The molecule has 5 N–H and O–H groups in total. The lowest BCUT2D eigenvalue weighted by Crippen LogP contribution is -2.58. The fourth-order valence-electron chi connectivity index (χ4n) is 3.07. The van der Waals surface area contributed by atoms with Crippen LogP contribution >= 0.6 is 0 Å². The minimum absolute atomic E-state index is 0.0608. The van der Waals surface area contributed by atoms with Crippen molar-refractivity contribution in [2.45, 2.75) is 43.8 Å². The van der Waals surface area contributed by atoms with Gasteiger partial charge in [-0.05, 0) is 31.4 Å². The van der Waals surface area contributed by atoms with E-state index in [0.29, 0.717) is 12.0 Å². The monoisotopic (exact) mass is 377 g/mol. The molecule has 0 aromatic heterocycles. The first-order valence-electron chi connectivity index (χ1n) is 8.66. The number of carbonyl (C=O) groups is 4. The number of benzene rings is 1. The average molecular weight is 377 g/mol. The molecule has 1 fully saturated rings. The number of nitrogens with two attached hydrogens (primary N) is 1. The van der Waals surface area contributed by atoms with E-state index in [9.17, 15) is 24.3 Å². The zero-order chi connectivity index (χ0) is 20.0. The molecule has 9 heteroatoms. The lowest BCUT2D eigenvalue weighted by Gasteiger charge is -2.38. The third-order valence-electron chi connectivity index (χ3n) is 4.53. The Balaban J connectivity index is 2.00. The molecule has 0 saturated carbocycles. The number of aliphatic carboxylic acids is 2. The van der Waals surface area contributed by atoms with Gasteiger partial charge in [-0.3, -0.25) is 14.4 Å². The zero-order valence-electron chi connectivity index (χ0n) is 14.7. The summed E-state index contributed by atoms with van der Waals surface area (Å²) in [5, 5.41) is 21.0. The minimum Gasteiger partial charge on any atom is -0.481 e. The molecule has 27 heavy (non-hydrogen) atoms. The number of hydrogen-bond donors (Lipinski definition) is 4.